The van der Waals surface area contributed by atoms with Crippen molar-refractivity contribution in [2.45, 2.75) is 53.1 Å². The molecule has 1 aliphatic heterocycles. The van der Waals surface area contributed by atoms with Crippen LogP contribution in [-0.2, 0) is 4.79 Å². The van der Waals surface area contributed by atoms with Gasteiger partial charge >= 0.3 is 0 Å². The maximum Gasteiger partial charge on any atom is 0.251 e. The molecule has 1 aliphatic rings. The van der Waals surface area contributed by atoms with Crippen LogP contribution >= 0.6 is 0 Å². The Bertz CT molecular complexity index is 1240. The fraction of sp³-hybridized carbons (Fsp3) is 0.344. The summed E-state index contributed by atoms with van der Waals surface area (Å²) < 4.78 is 12.0. The van der Waals surface area contributed by atoms with E-state index in [9.17, 15) is 4.79 Å². The molecule has 0 fully saturated rings. The van der Waals surface area contributed by atoms with Gasteiger partial charge in [0.25, 0.3) is 5.91 Å². The SMILES string of the molecule is Cc1ccc(-c2ccc3c(c2)C=C(C(=O)Nc2cccc(OCCN(C(C)C)C(C)C)c2)CCO3)cc1. The van der Waals surface area contributed by atoms with Crippen molar-refractivity contribution in [2.24, 2.45) is 0 Å². The maximum absolute atomic E-state index is 13.2. The van der Waals surface area contributed by atoms with Gasteiger partial charge in [-0.1, -0.05) is 42.0 Å². The highest BCUT2D eigenvalue weighted by atomic mass is 16.5. The van der Waals surface area contributed by atoms with Crippen molar-refractivity contribution in [3.8, 4) is 22.6 Å². The maximum atomic E-state index is 13.2. The number of benzene rings is 3. The van der Waals surface area contributed by atoms with Gasteiger partial charge in [0, 0.05) is 47.9 Å². The van der Waals surface area contributed by atoms with Crippen molar-refractivity contribution in [1.82, 2.24) is 4.90 Å². The lowest BCUT2D eigenvalue weighted by Crippen LogP contribution is -2.39. The summed E-state index contributed by atoms with van der Waals surface area (Å²) in [6, 6.07) is 23.1. The van der Waals surface area contributed by atoms with E-state index in [1.165, 1.54) is 5.56 Å². The zero-order chi connectivity index (χ0) is 26.4. The van der Waals surface area contributed by atoms with E-state index in [1.807, 2.05) is 36.4 Å². The number of anilines is 1. The molecule has 0 aromatic heterocycles. The van der Waals surface area contributed by atoms with Crippen LogP contribution in [0.1, 0.15) is 45.2 Å². The van der Waals surface area contributed by atoms with E-state index < -0.39 is 0 Å². The van der Waals surface area contributed by atoms with Gasteiger partial charge in [0.2, 0.25) is 0 Å². The predicted octanol–water partition coefficient (Wildman–Crippen LogP) is 6.96. The lowest BCUT2D eigenvalue weighted by atomic mass is 10.00. The van der Waals surface area contributed by atoms with Crippen LogP contribution in [0.25, 0.3) is 17.2 Å². The Morgan fingerprint density at radius 2 is 1.70 bits per heavy atom. The minimum absolute atomic E-state index is 0.125. The largest absolute Gasteiger partial charge is 0.493 e. The van der Waals surface area contributed by atoms with Crippen LogP contribution in [0.3, 0.4) is 0 Å². The van der Waals surface area contributed by atoms with Crippen LogP contribution in [0, 0.1) is 6.92 Å². The molecular weight excluding hydrogens is 460 g/mol. The Kier molecular flexibility index (Phi) is 8.67. The fourth-order valence-electron chi connectivity index (χ4n) is 4.68. The third-order valence-electron chi connectivity index (χ3n) is 6.68. The molecule has 3 aromatic carbocycles. The third-order valence-corrected chi connectivity index (χ3v) is 6.68. The number of nitrogens with zero attached hydrogens (tertiary/aromatic N) is 1. The molecule has 37 heavy (non-hydrogen) atoms. The predicted molar refractivity (Wildman–Crippen MR) is 152 cm³/mol. The van der Waals surface area contributed by atoms with Crippen molar-refractivity contribution in [1.29, 1.82) is 0 Å². The smallest absolute Gasteiger partial charge is 0.251 e. The highest BCUT2D eigenvalue weighted by Gasteiger charge is 2.17. The standard InChI is InChI=1S/C32H38N2O3/c1-22(2)34(23(3)4)16-18-36-30-8-6-7-29(21-30)33-32(35)27-15-17-37-31-14-13-26(19-28(31)20-27)25-11-9-24(5)10-12-25/h6-14,19-23H,15-18H2,1-5H3,(H,33,35). The zero-order valence-electron chi connectivity index (χ0n) is 22.6. The molecule has 1 heterocycles. The summed E-state index contributed by atoms with van der Waals surface area (Å²) in [7, 11) is 0. The average Bonchev–Trinajstić information content (AvgIpc) is 3.09. The number of rotatable bonds is 9. The summed E-state index contributed by atoms with van der Waals surface area (Å²) in [5, 5.41) is 3.05. The second-order valence-electron chi connectivity index (χ2n) is 10.1. The van der Waals surface area contributed by atoms with E-state index in [4.69, 9.17) is 9.47 Å². The average molecular weight is 499 g/mol. The van der Waals surface area contributed by atoms with Gasteiger partial charge in [-0.3, -0.25) is 9.69 Å². The van der Waals surface area contributed by atoms with Gasteiger partial charge in [-0.15, -0.1) is 0 Å². The van der Waals surface area contributed by atoms with E-state index in [-0.39, 0.29) is 5.91 Å². The van der Waals surface area contributed by atoms with Crippen LogP contribution < -0.4 is 14.8 Å². The quantitative estimate of drug-likeness (QED) is 0.346. The number of nitrogens with one attached hydrogen (secondary N) is 1. The van der Waals surface area contributed by atoms with Crippen molar-refractivity contribution in [3.05, 3.63) is 83.4 Å². The number of amides is 1. The number of carbonyl (C=O) groups excluding carboxylic acids is 1. The van der Waals surface area contributed by atoms with Crippen molar-refractivity contribution in [2.75, 3.05) is 25.1 Å². The molecule has 1 amide bonds. The molecular formula is C32H38N2O3. The number of carbonyl (C=O) groups is 1. The number of aryl methyl sites for hydroxylation is 1. The number of ether oxygens (including phenoxy) is 2. The van der Waals surface area contributed by atoms with Gasteiger partial charge in [0.05, 0.1) is 6.61 Å². The van der Waals surface area contributed by atoms with Gasteiger partial charge in [-0.05, 0) is 76.1 Å². The first-order valence-electron chi connectivity index (χ1n) is 13.1. The Balaban J connectivity index is 1.44. The summed E-state index contributed by atoms with van der Waals surface area (Å²) in [6.45, 7) is 12.8. The first-order chi connectivity index (χ1) is 17.8. The zero-order valence-corrected chi connectivity index (χ0v) is 22.6. The summed E-state index contributed by atoms with van der Waals surface area (Å²) in [6.07, 6.45) is 2.49. The van der Waals surface area contributed by atoms with Crippen LogP contribution in [0.5, 0.6) is 11.5 Å². The first kappa shape index (κ1) is 26.5. The number of hydrogen-bond donors (Lipinski definition) is 1. The second kappa shape index (κ2) is 12.1. The summed E-state index contributed by atoms with van der Waals surface area (Å²) in [5.74, 6) is 1.42. The van der Waals surface area contributed by atoms with Crippen LogP contribution in [-0.4, -0.2) is 42.6 Å². The summed E-state index contributed by atoms with van der Waals surface area (Å²) in [4.78, 5) is 15.6. The van der Waals surface area contributed by atoms with Gasteiger partial charge in [-0.25, -0.2) is 0 Å². The third kappa shape index (κ3) is 7.01. The molecule has 5 heteroatoms. The second-order valence-corrected chi connectivity index (χ2v) is 10.1. The number of hydrogen-bond acceptors (Lipinski definition) is 4. The molecule has 5 nitrogen and oxygen atoms in total. The Morgan fingerprint density at radius 1 is 0.973 bits per heavy atom. The van der Waals surface area contributed by atoms with Crippen LogP contribution in [0.2, 0.25) is 0 Å². The van der Waals surface area contributed by atoms with E-state index in [2.05, 4.69) is 81.2 Å². The summed E-state index contributed by atoms with van der Waals surface area (Å²) >= 11 is 0. The molecule has 4 rings (SSSR count). The minimum atomic E-state index is -0.125. The lowest BCUT2D eigenvalue weighted by Gasteiger charge is -2.30. The lowest BCUT2D eigenvalue weighted by molar-refractivity contribution is -0.113. The Labute approximate surface area is 221 Å². The fourth-order valence-corrected chi connectivity index (χ4v) is 4.68. The van der Waals surface area contributed by atoms with Gasteiger partial charge < -0.3 is 14.8 Å². The van der Waals surface area contributed by atoms with Crippen molar-refractivity contribution in [3.63, 3.8) is 0 Å². The molecule has 0 saturated heterocycles. The molecule has 0 radical (unpaired) electrons. The van der Waals surface area contributed by atoms with Crippen molar-refractivity contribution >= 4 is 17.7 Å². The van der Waals surface area contributed by atoms with Crippen LogP contribution in [0.4, 0.5) is 5.69 Å². The van der Waals surface area contributed by atoms with E-state index in [1.54, 1.807) is 0 Å². The molecule has 0 bridgehead atoms. The van der Waals surface area contributed by atoms with Crippen molar-refractivity contribution < 1.29 is 14.3 Å². The molecule has 0 saturated carbocycles. The van der Waals surface area contributed by atoms with Gasteiger partial charge in [0.15, 0.2) is 0 Å². The highest BCUT2D eigenvalue weighted by Crippen LogP contribution is 2.31. The molecule has 0 spiro atoms. The van der Waals surface area contributed by atoms with E-state index >= 15 is 0 Å². The topological polar surface area (TPSA) is 50.8 Å². The van der Waals surface area contributed by atoms with Crippen LogP contribution in [0.15, 0.2) is 72.3 Å². The first-order valence-corrected chi connectivity index (χ1v) is 13.1. The monoisotopic (exact) mass is 498 g/mol. The molecule has 3 aromatic rings. The number of fused-ring (bicyclic) bond motifs is 1. The Morgan fingerprint density at radius 3 is 2.43 bits per heavy atom. The normalized spacial score (nSPS) is 13.1. The molecule has 1 N–H and O–H groups in total. The summed E-state index contributed by atoms with van der Waals surface area (Å²) in [5.41, 5.74) is 5.78. The Hall–Kier alpha value is -3.57. The van der Waals surface area contributed by atoms with Gasteiger partial charge in [-0.2, -0.15) is 0 Å². The van der Waals surface area contributed by atoms with Gasteiger partial charge in [0.1, 0.15) is 18.1 Å². The van der Waals surface area contributed by atoms with E-state index in [0.29, 0.717) is 43.0 Å². The highest BCUT2D eigenvalue weighted by molar-refractivity contribution is 6.07. The molecule has 0 unspecified atom stereocenters. The molecule has 0 aliphatic carbocycles. The van der Waals surface area contributed by atoms with E-state index in [0.717, 1.165) is 34.7 Å². The molecule has 0 atom stereocenters. The molecule has 194 valence electrons. The minimum Gasteiger partial charge on any atom is -0.493 e.